The molecule has 0 radical (unpaired) electrons. The Morgan fingerprint density at radius 1 is 1.30 bits per heavy atom. The van der Waals surface area contributed by atoms with Gasteiger partial charge in [0.25, 0.3) is 0 Å². The SMILES string of the molecule is O=C(O)c1cc(OC2CCCc3ccccc32)ccn1. The third-order valence-corrected chi connectivity index (χ3v) is 3.54. The molecule has 0 aliphatic heterocycles. The second kappa shape index (κ2) is 5.33. The fourth-order valence-electron chi connectivity index (χ4n) is 2.60. The van der Waals surface area contributed by atoms with Gasteiger partial charge in [-0.05, 0) is 36.5 Å². The maximum absolute atomic E-state index is 10.9. The lowest BCUT2D eigenvalue weighted by Gasteiger charge is -2.26. The summed E-state index contributed by atoms with van der Waals surface area (Å²) < 4.78 is 5.97. The number of benzene rings is 1. The second-order valence-corrected chi connectivity index (χ2v) is 4.88. The van der Waals surface area contributed by atoms with Crippen LogP contribution in [0.2, 0.25) is 0 Å². The average molecular weight is 269 g/mol. The van der Waals surface area contributed by atoms with Crippen LogP contribution in [0.25, 0.3) is 0 Å². The summed E-state index contributed by atoms with van der Waals surface area (Å²) in [6.45, 7) is 0. The zero-order chi connectivity index (χ0) is 13.9. The molecule has 0 spiro atoms. The van der Waals surface area contributed by atoms with E-state index in [1.165, 1.54) is 23.4 Å². The lowest BCUT2D eigenvalue weighted by molar-refractivity contribution is 0.0689. The molecule has 1 atom stereocenters. The van der Waals surface area contributed by atoms with E-state index in [1.807, 2.05) is 12.1 Å². The monoisotopic (exact) mass is 269 g/mol. The van der Waals surface area contributed by atoms with Gasteiger partial charge < -0.3 is 9.84 Å². The van der Waals surface area contributed by atoms with Crippen molar-refractivity contribution in [2.24, 2.45) is 0 Å². The van der Waals surface area contributed by atoms with Crippen molar-refractivity contribution in [2.75, 3.05) is 0 Å². The van der Waals surface area contributed by atoms with Gasteiger partial charge in [0.2, 0.25) is 0 Å². The number of hydrogen-bond acceptors (Lipinski definition) is 3. The molecule has 0 saturated carbocycles. The van der Waals surface area contributed by atoms with E-state index in [4.69, 9.17) is 9.84 Å². The lowest BCUT2D eigenvalue weighted by atomic mass is 9.89. The highest BCUT2D eigenvalue weighted by atomic mass is 16.5. The molecule has 1 aliphatic rings. The third kappa shape index (κ3) is 2.50. The number of hydrogen-bond donors (Lipinski definition) is 1. The largest absolute Gasteiger partial charge is 0.486 e. The van der Waals surface area contributed by atoms with E-state index in [0.717, 1.165) is 19.3 Å². The van der Waals surface area contributed by atoms with E-state index in [-0.39, 0.29) is 11.8 Å². The molecule has 4 nitrogen and oxygen atoms in total. The van der Waals surface area contributed by atoms with E-state index >= 15 is 0 Å². The molecule has 2 aromatic rings. The van der Waals surface area contributed by atoms with Crippen LogP contribution in [0.4, 0.5) is 0 Å². The number of carboxylic acids is 1. The van der Waals surface area contributed by atoms with E-state index in [9.17, 15) is 4.79 Å². The van der Waals surface area contributed by atoms with Crippen molar-refractivity contribution in [3.63, 3.8) is 0 Å². The predicted molar refractivity (Wildman–Crippen MR) is 73.9 cm³/mol. The Balaban J connectivity index is 1.85. The number of carboxylic acid groups (broad SMARTS) is 1. The minimum absolute atomic E-state index is 0.00611. The van der Waals surface area contributed by atoms with Crippen molar-refractivity contribution in [3.8, 4) is 5.75 Å². The quantitative estimate of drug-likeness (QED) is 0.929. The van der Waals surface area contributed by atoms with Crippen LogP contribution in [0.1, 0.15) is 40.6 Å². The highest BCUT2D eigenvalue weighted by Gasteiger charge is 2.21. The zero-order valence-corrected chi connectivity index (χ0v) is 11.0. The standard InChI is InChI=1S/C16H15NO3/c18-16(19)14-10-12(8-9-17-14)20-15-7-3-5-11-4-1-2-6-13(11)15/h1-2,4,6,8-10,15H,3,5,7H2,(H,18,19). The predicted octanol–water partition coefficient (Wildman–Crippen LogP) is 3.24. The first kappa shape index (κ1) is 12.7. The maximum Gasteiger partial charge on any atom is 0.354 e. The van der Waals surface area contributed by atoms with Gasteiger partial charge in [-0.25, -0.2) is 9.78 Å². The summed E-state index contributed by atoms with van der Waals surface area (Å²) in [6.07, 6.45) is 4.56. The summed E-state index contributed by atoms with van der Waals surface area (Å²) in [7, 11) is 0. The fourth-order valence-corrected chi connectivity index (χ4v) is 2.60. The van der Waals surface area contributed by atoms with Gasteiger partial charge in [-0.15, -0.1) is 0 Å². The molecule has 20 heavy (non-hydrogen) atoms. The number of aryl methyl sites for hydroxylation is 1. The first-order valence-corrected chi connectivity index (χ1v) is 6.68. The van der Waals surface area contributed by atoms with Crippen LogP contribution in [-0.4, -0.2) is 16.1 Å². The van der Waals surface area contributed by atoms with Crippen molar-refractivity contribution in [1.82, 2.24) is 4.98 Å². The first-order valence-electron chi connectivity index (χ1n) is 6.68. The number of aromatic nitrogens is 1. The molecule has 1 aromatic carbocycles. The number of pyridine rings is 1. The minimum Gasteiger partial charge on any atom is -0.486 e. The Hall–Kier alpha value is -2.36. The number of nitrogens with zero attached hydrogens (tertiary/aromatic N) is 1. The van der Waals surface area contributed by atoms with E-state index in [2.05, 4.69) is 17.1 Å². The number of fused-ring (bicyclic) bond motifs is 1. The van der Waals surface area contributed by atoms with E-state index in [1.54, 1.807) is 6.07 Å². The Morgan fingerprint density at radius 3 is 3.00 bits per heavy atom. The Morgan fingerprint density at radius 2 is 2.15 bits per heavy atom. The average Bonchev–Trinajstić information content (AvgIpc) is 2.48. The number of rotatable bonds is 3. The van der Waals surface area contributed by atoms with Crippen molar-refractivity contribution in [2.45, 2.75) is 25.4 Å². The van der Waals surface area contributed by atoms with E-state index < -0.39 is 5.97 Å². The molecule has 0 bridgehead atoms. The number of aromatic carboxylic acids is 1. The van der Waals surface area contributed by atoms with Crippen LogP contribution >= 0.6 is 0 Å². The van der Waals surface area contributed by atoms with Crippen LogP contribution in [-0.2, 0) is 6.42 Å². The topological polar surface area (TPSA) is 59.4 Å². The van der Waals surface area contributed by atoms with Crippen LogP contribution in [0.3, 0.4) is 0 Å². The van der Waals surface area contributed by atoms with Crippen molar-refractivity contribution in [3.05, 3.63) is 59.4 Å². The fraction of sp³-hybridized carbons (Fsp3) is 0.250. The van der Waals surface area contributed by atoms with Crippen LogP contribution in [0.5, 0.6) is 5.75 Å². The van der Waals surface area contributed by atoms with Gasteiger partial charge >= 0.3 is 5.97 Å². The molecule has 102 valence electrons. The Labute approximate surface area is 117 Å². The molecule has 0 fully saturated rings. The Bertz CT molecular complexity index is 639. The molecule has 1 aromatic heterocycles. The highest BCUT2D eigenvalue weighted by molar-refractivity contribution is 5.85. The normalized spacial score (nSPS) is 17.3. The summed E-state index contributed by atoms with van der Waals surface area (Å²) in [5.41, 5.74) is 2.52. The zero-order valence-electron chi connectivity index (χ0n) is 11.0. The molecule has 0 saturated heterocycles. The maximum atomic E-state index is 10.9. The molecular formula is C16H15NO3. The second-order valence-electron chi connectivity index (χ2n) is 4.88. The van der Waals surface area contributed by atoms with E-state index in [0.29, 0.717) is 5.75 Å². The summed E-state index contributed by atoms with van der Waals surface area (Å²) in [6, 6.07) is 11.4. The molecular weight excluding hydrogens is 254 g/mol. The van der Waals surface area contributed by atoms with Crippen LogP contribution < -0.4 is 4.74 Å². The molecule has 4 heteroatoms. The van der Waals surface area contributed by atoms with Gasteiger partial charge in [0.15, 0.2) is 5.69 Å². The number of carbonyl (C=O) groups is 1. The molecule has 1 heterocycles. The van der Waals surface area contributed by atoms with Gasteiger partial charge in [0, 0.05) is 12.3 Å². The number of ether oxygens (including phenoxy) is 1. The highest BCUT2D eigenvalue weighted by Crippen LogP contribution is 2.33. The van der Waals surface area contributed by atoms with Gasteiger partial charge in [0.1, 0.15) is 11.9 Å². The third-order valence-electron chi connectivity index (χ3n) is 3.54. The van der Waals surface area contributed by atoms with Gasteiger partial charge in [-0.3, -0.25) is 0 Å². The van der Waals surface area contributed by atoms with Crippen molar-refractivity contribution < 1.29 is 14.6 Å². The minimum atomic E-state index is -1.04. The van der Waals surface area contributed by atoms with Crippen LogP contribution in [0.15, 0.2) is 42.6 Å². The van der Waals surface area contributed by atoms with Crippen molar-refractivity contribution >= 4 is 5.97 Å². The summed E-state index contributed by atoms with van der Waals surface area (Å²) in [5, 5.41) is 8.95. The van der Waals surface area contributed by atoms with Gasteiger partial charge in [-0.2, -0.15) is 0 Å². The molecule has 1 N–H and O–H groups in total. The smallest absolute Gasteiger partial charge is 0.354 e. The van der Waals surface area contributed by atoms with Crippen molar-refractivity contribution in [1.29, 1.82) is 0 Å². The lowest BCUT2D eigenvalue weighted by Crippen LogP contribution is -2.15. The summed E-state index contributed by atoms with van der Waals surface area (Å²) >= 11 is 0. The molecule has 3 rings (SSSR count). The summed E-state index contributed by atoms with van der Waals surface area (Å²) in [4.78, 5) is 14.7. The first-order chi connectivity index (χ1) is 9.74. The molecule has 0 amide bonds. The Kier molecular flexibility index (Phi) is 3.37. The molecule has 1 aliphatic carbocycles. The van der Waals surface area contributed by atoms with Gasteiger partial charge in [-0.1, -0.05) is 24.3 Å². The van der Waals surface area contributed by atoms with Crippen LogP contribution in [0, 0.1) is 0 Å². The molecule has 1 unspecified atom stereocenters. The van der Waals surface area contributed by atoms with Gasteiger partial charge in [0.05, 0.1) is 0 Å². The summed E-state index contributed by atoms with van der Waals surface area (Å²) in [5.74, 6) is -0.487.